The molecule has 2 N–H and O–H groups in total. The Balaban J connectivity index is 1.99. The van der Waals surface area contributed by atoms with E-state index >= 15 is 0 Å². The smallest absolute Gasteiger partial charge is 0.218 e. The summed E-state index contributed by atoms with van der Waals surface area (Å²) in [5.74, 6) is 0.924. The zero-order valence-electron chi connectivity index (χ0n) is 12.1. The minimum absolute atomic E-state index is 0.0905. The van der Waals surface area contributed by atoms with Gasteiger partial charge in [-0.3, -0.25) is 0 Å². The molecule has 0 aliphatic heterocycles. The Hall–Kier alpha value is -1.59. The van der Waals surface area contributed by atoms with Crippen LogP contribution in [0.1, 0.15) is 25.0 Å². The molecule has 0 aliphatic rings. The van der Waals surface area contributed by atoms with Crippen LogP contribution in [0.2, 0.25) is 0 Å². The first-order valence-electron chi connectivity index (χ1n) is 6.85. The number of phenolic OH excluding ortho intramolecular Hbond substituents is 1. The number of benzene rings is 1. The topological polar surface area (TPSA) is 54.4 Å². The van der Waals surface area contributed by atoms with Crippen molar-refractivity contribution < 1.29 is 9.84 Å². The Morgan fingerprint density at radius 2 is 1.90 bits per heavy atom. The number of nitrogens with zero attached hydrogens (tertiary/aromatic N) is 1. The van der Waals surface area contributed by atoms with E-state index in [0.29, 0.717) is 23.4 Å². The van der Waals surface area contributed by atoms with Crippen LogP contribution in [0.5, 0.6) is 11.6 Å². The monoisotopic (exact) mass is 350 g/mol. The molecule has 0 saturated heterocycles. The zero-order valence-corrected chi connectivity index (χ0v) is 13.7. The molecule has 2 rings (SSSR count). The first kappa shape index (κ1) is 15.8. The number of nitrogens with one attached hydrogen (secondary N) is 1. The number of hydrogen-bond acceptors (Lipinski definition) is 4. The van der Waals surface area contributed by atoms with Crippen LogP contribution in [0.15, 0.2) is 41.0 Å². The lowest BCUT2D eigenvalue weighted by atomic mass is 10.2. The van der Waals surface area contributed by atoms with Crippen LogP contribution in [-0.4, -0.2) is 16.2 Å². The number of rotatable bonds is 6. The van der Waals surface area contributed by atoms with Gasteiger partial charge in [0.15, 0.2) is 0 Å². The molecule has 2 aromatic rings. The predicted octanol–water partition coefficient (Wildman–Crippen LogP) is 3.63. The van der Waals surface area contributed by atoms with Gasteiger partial charge in [0.1, 0.15) is 5.75 Å². The fourth-order valence-electron chi connectivity index (χ4n) is 1.92. The quantitative estimate of drug-likeness (QED) is 0.835. The van der Waals surface area contributed by atoms with E-state index in [1.165, 1.54) is 0 Å². The molecule has 0 unspecified atom stereocenters. The maximum atomic E-state index is 9.94. The summed E-state index contributed by atoms with van der Waals surface area (Å²) in [6.45, 7) is 5.15. The maximum Gasteiger partial charge on any atom is 0.218 e. The van der Waals surface area contributed by atoms with E-state index in [9.17, 15) is 5.11 Å². The first-order chi connectivity index (χ1) is 10.1. The summed E-state index contributed by atoms with van der Waals surface area (Å²) < 4.78 is 6.38. The molecule has 1 heterocycles. The van der Waals surface area contributed by atoms with Crippen LogP contribution in [0, 0.1) is 0 Å². The van der Waals surface area contributed by atoms with E-state index in [0.717, 1.165) is 11.1 Å². The molecular weight excluding hydrogens is 332 g/mol. The van der Waals surface area contributed by atoms with Crippen molar-refractivity contribution in [3.63, 3.8) is 0 Å². The van der Waals surface area contributed by atoms with Gasteiger partial charge in [0.2, 0.25) is 5.88 Å². The lowest BCUT2D eigenvalue weighted by Crippen LogP contribution is -2.16. The third-order valence-electron chi connectivity index (χ3n) is 2.90. The number of aromatic hydroxyl groups is 1. The molecule has 0 aliphatic carbocycles. The minimum atomic E-state index is 0.0905. The predicted molar refractivity (Wildman–Crippen MR) is 86.4 cm³/mol. The van der Waals surface area contributed by atoms with Crippen molar-refractivity contribution in [2.75, 3.05) is 0 Å². The van der Waals surface area contributed by atoms with Crippen molar-refractivity contribution in [1.82, 2.24) is 10.3 Å². The summed E-state index contributed by atoms with van der Waals surface area (Å²) in [5.41, 5.74) is 1.85. The summed E-state index contributed by atoms with van der Waals surface area (Å²) in [6.07, 6.45) is 1.81. The van der Waals surface area contributed by atoms with Crippen molar-refractivity contribution in [3.05, 3.63) is 52.1 Å². The standard InChI is InChI=1S/C16H19BrN2O2/c1-11(2)21-16-13(6-4-8-19-16)10-18-9-12-5-3-7-14(17)15(12)20/h3-8,11,18,20H,9-10H2,1-2H3. The molecule has 4 nitrogen and oxygen atoms in total. The van der Waals surface area contributed by atoms with Gasteiger partial charge in [-0.2, -0.15) is 0 Å². The van der Waals surface area contributed by atoms with Crippen molar-refractivity contribution >= 4 is 15.9 Å². The SMILES string of the molecule is CC(C)Oc1ncccc1CNCc1cccc(Br)c1O. The third kappa shape index (κ3) is 4.44. The van der Waals surface area contributed by atoms with Gasteiger partial charge >= 0.3 is 0 Å². The van der Waals surface area contributed by atoms with E-state index in [1.807, 2.05) is 44.2 Å². The van der Waals surface area contributed by atoms with Crippen LogP contribution < -0.4 is 10.1 Å². The number of pyridine rings is 1. The summed E-state index contributed by atoms with van der Waals surface area (Å²) in [7, 11) is 0. The summed E-state index contributed by atoms with van der Waals surface area (Å²) in [6, 6.07) is 9.48. The largest absolute Gasteiger partial charge is 0.506 e. The van der Waals surface area contributed by atoms with Gasteiger partial charge in [0.25, 0.3) is 0 Å². The Bertz CT molecular complexity index is 603. The highest BCUT2D eigenvalue weighted by atomic mass is 79.9. The van der Waals surface area contributed by atoms with E-state index in [1.54, 1.807) is 6.20 Å². The average Bonchev–Trinajstić information content (AvgIpc) is 2.45. The number of ether oxygens (including phenoxy) is 1. The molecule has 21 heavy (non-hydrogen) atoms. The molecule has 1 aromatic carbocycles. The van der Waals surface area contributed by atoms with Crippen molar-refractivity contribution in [1.29, 1.82) is 0 Å². The number of halogens is 1. The lowest BCUT2D eigenvalue weighted by molar-refractivity contribution is 0.229. The van der Waals surface area contributed by atoms with Crippen molar-refractivity contribution in [2.24, 2.45) is 0 Å². The van der Waals surface area contributed by atoms with Gasteiger partial charge in [0.05, 0.1) is 10.6 Å². The van der Waals surface area contributed by atoms with Gasteiger partial charge in [-0.15, -0.1) is 0 Å². The molecule has 0 amide bonds. The van der Waals surface area contributed by atoms with Gasteiger partial charge < -0.3 is 15.2 Å². The van der Waals surface area contributed by atoms with Gasteiger partial charge in [-0.05, 0) is 41.9 Å². The maximum absolute atomic E-state index is 9.94. The lowest BCUT2D eigenvalue weighted by Gasteiger charge is -2.13. The first-order valence-corrected chi connectivity index (χ1v) is 7.65. The van der Waals surface area contributed by atoms with Crippen LogP contribution >= 0.6 is 15.9 Å². The van der Waals surface area contributed by atoms with Crippen LogP contribution in [-0.2, 0) is 13.1 Å². The minimum Gasteiger partial charge on any atom is -0.506 e. The van der Waals surface area contributed by atoms with Gasteiger partial charge in [0, 0.05) is 30.4 Å². The van der Waals surface area contributed by atoms with Crippen molar-refractivity contribution in [3.8, 4) is 11.6 Å². The second-order valence-corrected chi connectivity index (χ2v) is 5.84. The Morgan fingerprint density at radius 3 is 2.67 bits per heavy atom. The number of para-hydroxylation sites is 1. The van der Waals surface area contributed by atoms with Crippen LogP contribution in [0.4, 0.5) is 0 Å². The summed E-state index contributed by atoms with van der Waals surface area (Å²) >= 11 is 3.31. The van der Waals surface area contributed by atoms with Crippen LogP contribution in [0.25, 0.3) is 0 Å². The van der Waals surface area contributed by atoms with Crippen molar-refractivity contribution in [2.45, 2.75) is 33.0 Å². The molecule has 0 fully saturated rings. The molecule has 1 aromatic heterocycles. The zero-order chi connectivity index (χ0) is 15.2. The number of aromatic nitrogens is 1. The molecule has 5 heteroatoms. The molecule has 112 valence electrons. The fourth-order valence-corrected chi connectivity index (χ4v) is 2.33. The molecule has 0 radical (unpaired) electrons. The molecule has 0 saturated carbocycles. The summed E-state index contributed by atoms with van der Waals surface area (Å²) in [5, 5.41) is 13.2. The molecule has 0 bridgehead atoms. The number of hydrogen-bond donors (Lipinski definition) is 2. The third-order valence-corrected chi connectivity index (χ3v) is 3.54. The summed E-state index contributed by atoms with van der Waals surface area (Å²) in [4.78, 5) is 4.26. The average molecular weight is 351 g/mol. The Labute approximate surface area is 133 Å². The Kier molecular flexibility index (Phi) is 5.59. The van der Waals surface area contributed by atoms with Crippen LogP contribution in [0.3, 0.4) is 0 Å². The molecule has 0 spiro atoms. The van der Waals surface area contributed by atoms with Gasteiger partial charge in [-0.1, -0.05) is 18.2 Å². The fraction of sp³-hybridized carbons (Fsp3) is 0.312. The Morgan fingerprint density at radius 1 is 1.19 bits per heavy atom. The normalized spacial score (nSPS) is 10.9. The van der Waals surface area contributed by atoms with Gasteiger partial charge in [-0.25, -0.2) is 4.98 Å². The second-order valence-electron chi connectivity index (χ2n) is 4.99. The van der Waals surface area contributed by atoms with E-state index < -0.39 is 0 Å². The van der Waals surface area contributed by atoms with E-state index in [2.05, 4.69) is 26.2 Å². The highest BCUT2D eigenvalue weighted by Crippen LogP contribution is 2.27. The second kappa shape index (κ2) is 7.43. The van der Waals surface area contributed by atoms with E-state index in [-0.39, 0.29) is 11.9 Å². The van der Waals surface area contributed by atoms with E-state index in [4.69, 9.17) is 4.74 Å². The highest BCUT2D eigenvalue weighted by Gasteiger charge is 2.08. The highest BCUT2D eigenvalue weighted by molar-refractivity contribution is 9.10. The molecular formula is C16H19BrN2O2. The molecule has 0 atom stereocenters. The number of phenols is 1.